The third kappa shape index (κ3) is 3.85. The van der Waals surface area contributed by atoms with Gasteiger partial charge in [0.05, 0.1) is 18.1 Å². The molecule has 0 spiro atoms. The predicted octanol–water partition coefficient (Wildman–Crippen LogP) is 2.79. The fourth-order valence-electron chi connectivity index (χ4n) is 2.72. The van der Waals surface area contributed by atoms with Crippen molar-refractivity contribution in [3.8, 4) is 11.4 Å². The van der Waals surface area contributed by atoms with Gasteiger partial charge in [-0.1, -0.05) is 18.2 Å². The molecule has 0 bridgehead atoms. The van der Waals surface area contributed by atoms with Crippen LogP contribution in [0.3, 0.4) is 0 Å². The number of hydrogen-bond donors (Lipinski definition) is 3. The molecule has 130 valence electrons. The molecule has 0 saturated heterocycles. The Kier molecular flexibility index (Phi) is 4.55. The largest absolute Gasteiger partial charge is 0.353 e. The molecule has 4 N–H and O–H groups in total. The first kappa shape index (κ1) is 17.1. The van der Waals surface area contributed by atoms with Crippen molar-refractivity contribution in [2.45, 2.75) is 32.7 Å². The van der Waals surface area contributed by atoms with E-state index in [1.165, 1.54) is 6.20 Å². The zero-order chi connectivity index (χ0) is 18.0. The molecule has 3 aromatic rings. The molecule has 0 radical (unpaired) electrons. The quantitative estimate of drug-likeness (QED) is 0.667. The van der Waals surface area contributed by atoms with E-state index in [0.29, 0.717) is 24.4 Å². The number of aryl methyl sites for hydroxylation is 1. The Morgan fingerprint density at radius 1 is 1.28 bits per heavy atom. The molecular formula is C19H23N5O. The molecule has 0 aliphatic carbocycles. The van der Waals surface area contributed by atoms with Gasteiger partial charge < -0.3 is 16.0 Å². The number of nitrogens with zero attached hydrogens (tertiary/aromatic N) is 2. The minimum atomic E-state index is -0.317. The Balaban J connectivity index is 1.83. The summed E-state index contributed by atoms with van der Waals surface area (Å²) >= 11 is 0. The first-order valence-corrected chi connectivity index (χ1v) is 8.32. The van der Waals surface area contributed by atoms with E-state index >= 15 is 0 Å². The summed E-state index contributed by atoms with van der Waals surface area (Å²) in [4.78, 5) is 24.3. The maximum atomic E-state index is 12.3. The lowest BCUT2D eigenvalue weighted by Crippen LogP contribution is -2.37. The molecule has 25 heavy (non-hydrogen) atoms. The smallest absolute Gasteiger partial charge is 0.271 e. The number of aromatic nitrogens is 3. The summed E-state index contributed by atoms with van der Waals surface area (Å²) in [5.74, 6) is -0.243. The van der Waals surface area contributed by atoms with Crippen molar-refractivity contribution in [2.75, 3.05) is 6.54 Å². The number of amides is 1. The molecule has 0 fully saturated rings. The number of hydrogen-bond acceptors (Lipinski definition) is 4. The zero-order valence-electron chi connectivity index (χ0n) is 14.8. The van der Waals surface area contributed by atoms with Crippen LogP contribution in [0.5, 0.6) is 0 Å². The predicted molar refractivity (Wildman–Crippen MR) is 99.3 cm³/mol. The third-order valence-corrected chi connectivity index (χ3v) is 4.14. The van der Waals surface area contributed by atoms with Gasteiger partial charge in [-0.05, 0) is 38.8 Å². The topological polar surface area (TPSA) is 96.7 Å². The molecule has 6 nitrogen and oxygen atoms in total. The lowest BCUT2D eigenvalue weighted by atomic mass is 10.0. The van der Waals surface area contributed by atoms with Crippen molar-refractivity contribution in [3.05, 3.63) is 47.9 Å². The summed E-state index contributed by atoms with van der Waals surface area (Å²) in [6.45, 7) is 6.39. The first-order valence-electron chi connectivity index (χ1n) is 8.32. The molecule has 0 unspecified atom stereocenters. The molecule has 6 heteroatoms. The standard InChI is InChI=1S/C19H23N5O/c1-12-13-6-4-5-7-14(13)24-17(12)15-10-21-11-16(23-15)18(25)22-9-8-19(2,3)20/h4-7,10-11,24H,8-9,20H2,1-3H3,(H,22,25). The van der Waals surface area contributed by atoms with Gasteiger partial charge in [0.2, 0.25) is 0 Å². The van der Waals surface area contributed by atoms with E-state index in [4.69, 9.17) is 5.73 Å². The summed E-state index contributed by atoms with van der Waals surface area (Å²) in [5.41, 5.74) is 9.57. The number of nitrogens with two attached hydrogens (primary N) is 1. The van der Waals surface area contributed by atoms with E-state index < -0.39 is 0 Å². The average Bonchev–Trinajstić information content (AvgIpc) is 2.91. The summed E-state index contributed by atoms with van der Waals surface area (Å²) < 4.78 is 0. The van der Waals surface area contributed by atoms with Crippen LogP contribution in [-0.2, 0) is 0 Å². The second-order valence-corrected chi connectivity index (χ2v) is 6.95. The van der Waals surface area contributed by atoms with Gasteiger partial charge >= 0.3 is 0 Å². The van der Waals surface area contributed by atoms with Crippen LogP contribution in [0.4, 0.5) is 0 Å². The van der Waals surface area contributed by atoms with Crippen molar-refractivity contribution >= 4 is 16.8 Å². The molecule has 1 amide bonds. The summed E-state index contributed by atoms with van der Waals surface area (Å²) in [7, 11) is 0. The van der Waals surface area contributed by atoms with Crippen LogP contribution in [0.15, 0.2) is 36.7 Å². The molecule has 0 aliphatic rings. The Bertz CT molecular complexity index is 908. The Morgan fingerprint density at radius 3 is 2.76 bits per heavy atom. The molecule has 0 aliphatic heterocycles. The normalized spacial score (nSPS) is 11.7. The van der Waals surface area contributed by atoms with Gasteiger partial charge in [-0.3, -0.25) is 9.78 Å². The van der Waals surface area contributed by atoms with Crippen LogP contribution in [-0.4, -0.2) is 32.9 Å². The van der Waals surface area contributed by atoms with Gasteiger partial charge in [-0.2, -0.15) is 0 Å². The van der Waals surface area contributed by atoms with E-state index in [1.807, 2.05) is 39.0 Å². The number of fused-ring (bicyclic) bond motifs is 1. The van der Waals surface area contributed by atoms with Crippen LogP contribution in [0.2, 0.25) is 0 Å². The van der Waals surface area contributed by atoms with Gasteiger partial charge in [-0.15, -0.1) is 0 Å². The first-order chi connectivity index (χ1) is 11.8. The number of para-hydroxylation sites is 1. The molecule has 2 aromatic heterocycles. The Labute approximate surface area is 146 Å². The van der Waals surface area contributed by atoms with E-state index in [1.54, 1.807) is 6.20 Å². The third-order valence-electron chi connectivity index (χ3n) is 4.14. The number of benzene rings is 1. The highest BCUT2D eigenvalue weighted by Gasteiger charge is 2.15. The molecule has 3 rings (SSSR count). The molecule has 0 atom stereocenters. The van der Waals surface area contributed by atoms with Gasteiger partial charge in [0.15, 0.2) is 0 Å². The molecule has 1 aromatic carbocycles. The number of rotatable bonds is 5. The Morgan fingerprint density at radius 2 is 2.04 bits per heavy atom. The number of aromatic amines is 1. The van der Waals surface area contributed by atoms with Crippen LogP contribution >= 0.6 is 0 Å². The maximum absolute atomic E-state index is 12.3. The van der Waals surface area contributed by atoms with E-state index in [2.05, 4.69) is 26.3 Å². The van der Waals surface area contributed by atoms with Crippen LogP contribution in [0, 0.1) is 6.92 Å². The maximum Gasteiger partial charge on any atom is 0.271 e. The van der Waals surface area contributed by atoms with Crippen LogP contribution in [0.1, 0.15) is 36.3 Å². The highest BCUT2D eigenvalue weighted by atomic mass is 16.1. The highest BCUT2D eigenvalue weighted by Crippen LogP contribution is 2.27. The number of H-pyrrole nitrogens is 1. The summed E-state index contributed by atoms with van der Waals surface area (Å²) in [6, 6.07) is 8.06. The van der Waals surface area contributed by atoms with Crippen LogP contribution < -0.4 is 11.1 Å². The van der Waals surface area contributed by atoms with E-state index in [9.17, 15) is 4.79 Å². The second kappa shape index (κ2) is 6.64. The van der Waals surface area contributed by atoms with Gasteiger partial charge in [0, 0.05) is 23.0 Å². The second-order valence-electron chi connectivity index (χ2n) is 6.95. The van der Waals surface area contributed by atoms with E-state index in [0.717, 1.165) is 22.2 Å². The summed E-state index contributed by atoms with van der Waals surface area (Å²) in [5, 5.41) is 3.98. The number of nitrogens with one attached hydrogen (secondary N) is 2. The monoisotopic (exact) mass is 337 g/mol. The van der Waals surface area contributed by atoms with Crippen molar-refractivity contribution in [1.29, 1.82) is 0 Å². The van der Waals surface area contributed by atoms with Crippen molar-refractivity contribution in [3.63, 3.8) is 0 Å². The van der Waals surface area contributed by atoms with Crippen molar-refractivity contribution in [1.82, 2.24) is 20.3 Å². The molecular weight excluding hydrogens is 314 g/mol. The zero-order valence-corrected chi connectivity index (χ0v) is 14.8. The van der Waals surface area contributed by atoms with Crippen molar-refractivity contribution in [2.24, 2.45) is 5.73 Å². The molecule has 0 saturated carbocycles. The fourth-order valence-corrected chi connectivity index (χ4v) is 2.72. The Hall–Kier alpha value is -2.73. The van der Waals surface area contributed by atoms with E-state index in [-0.39, 0.29) is 11.4 Å². The molecule has 2 heterocycles. The van der Waals surface area contributed by atoms with Crippen LogP contribution in [0.25, 0.3) is 22.3 Å². The lowest BCUT2D eigenvalue weighted by Gasteiger charge is -2.18. The fraction of sp³-hybridized carbons (Fsp3) is 0.316. The van der Waals surface area contributed by atoms with Gasteiger partial charge in [-0.25, -0.2) is 4.98 Å². The minimum Gasteiger partial charge on any atom is -0.353 e. The van der Waals surface area contributed by atoms with Crippen molar-refractivity contribution < 1.29 is 4.79 Å². The number of carbonyl (C=O) groups excluding carboxylic acids is 1. The lowest BCUT2D eigenvalue weighted by molar-refractivity contribution is 0.0946. The minimum absolute atomic E-state index is 0.243. The van der Waals surface area contributed by atoms with Gasteiger partial charge in [0.25, 0.3) is 5.91 Å². The number of carbonyl (C=O) groups is 1. The van der Waals surface area contributed by atoms with Gasteiger partial charge in [0.1, 0.15) is 11.4 Å². The summed E-state index contributed by atoms with van der Waals surface area (Å²) in [6.07, 6.45) is 3.83. The SMILES string of the molecule is Cc1c(-c2cncc(C(=O)NCCC(C)(C)N)n2)[nH]c2ccccc12. The highest BCUT2D eigenvalue weighted by molar-refractivity contribution is 5.93. The average molecular weight is 337 g/mol.